The van der Waals surface area contributed by atoms with Crippen LogP contribution < -0.4 is 10.6 Å². The second-order valence-corrected chi connectivity index (χ2v) is 7.76. The van der Waals surface area contributed by atoms with Gasteiger partial charge in [-0.3, -0.25) is 0 Å². The van der Waals surface area contributed by atoms with Crippen molar-refractivity contribution < 1.29 is 35.7 Å². The van der Waals surface area contributed by atoms with Crippen molar-refractivity contribution in [2.75, 3.05) is 14.1 Å². The van der Waals surface area contributed by atoms with E-state index in [1.54, 1.807) is 23.9 Å². The van der Waals surface area contributed by atoms with Gasteiger partial charge in [0.1, 0.15) is 0 Å². The van der Waals surface area contributed by atoms with Gasteiger partial charge in [0.25, 0.3) is 0 Å². The monoisotopic (exact) mass is 371 g/mol. The second kappa shape index (κ2) is 2.49. The Labute approximate surface area is 91.6 Å². The maximum absolute atomic E-state index is 11.3. The molecule has 0 aromatic rings. The molecule has 67 valence electrons. The van der Waals surface area contributed by atoms with Gasteiger partial charge in [0.2, 0.25) is 0 Å². The first-order valence-electron chi connectivity index (χ1n) is 3.91. The summed E-state index contributed by atoms with van der Waals surface area (Å²) in [6.45, 7) is 0. The number of fused-ring (bicyclic) bond motifs is 1. The molecule has 2 rings (SSSR count). The Hall–Kier alpha value is -0.525. The van der Waals surface area contributed by atoms with Crippen molar-refractivity contribution in [1.82, 2.24) is 20.4 Å². The van der Waals surface area contributed by atoms with Crippen LogP contribution in [0.4, 0.5) is 9.59 Å². The molecule has 6 nitrogen and oxygen atoms in total. The molecule has 0 radical (unpaired) electrons. The van der Waals surface area contributed by atoms with Crippen LogP contribution in [0.25, 0.3) is 0 Å². The van der Waals surface area contributed by atoms with Crippen molar-refractivity contribution in [3.05, 3.63) is 0 Å². The van der Waals surface area contributed by atoms with Crippen molar-refractivity contribution in [3.63, 3.8) is 0 Å². The van der Waals surface area contributed by atoms with E-state index in [-0.39, 0.29) is 44.3 Å². The summed E-state index contributed by atoms with van der Waals surface area (Å²) in [5.41, 5.74) is 0. The molecular weight excluding hydrogens is 361 g/mol. The van der Waals surface area contributed by atoms with Crippen LogP contribution >= 0.6 is 0 Å². The number of urea groups is 2. The third-order valence-electron chi connectivity index (χ3n) is 2.48. The van der Waals surface area contributed by atoms with Crippen LogP contribution in [-0.2, 0) is 26.1 Å². The van der Waals surface area contributed by atoms with Gasteiger partial charge >= 0.3 is 91.6 Å². The Morgan fingerprint density at radius 1 is 1.23 bits per heavy atom. The topological polar surface area (TPSA) is 64.7 Å². The Morgan fingerprint density at radius 3 is 1.92 bits per heavy atom. The van der Waals surface area contributed by atoms with Gasteiger partial charge in [-0.25, -0.2) is 0 Å². The third-order valence-corrected chi connectivity index (χ3v) is 5.27. The SMILES string of the molecule is CN1C(=O)N[C]2([Hg])NC(=O)N(C)C12. The zero-order valence-corrected chi connectivity index (χ0v) is 13.0. The van der Waals surface area contributed by atoms with E-state index < -0.39 is 3.17 Å². The van der Waals surface area contributed by atoms with Gasteiger partial charge in [-0.2, -0.15) is 0 Å². The standard InChI is InChI=1S/C6H9N4O2.Hg/c1-9-4-3(7-5(9)11)8-6(12)10(4)2;/h4H,1-2H3,(H,7,11)(H,8,12);. The van der Waals surface area contributed by atoms with Crippen molar-refractivity contribution in [2.24, 2.45) is 0 Å². The number of nitrogens with zero attached hydrogens (tertiary/aromatic N) is 2. The second-order valence-electron chi connectivity index (χ2n) is 3.43. The Balaban J connectivity index is 2.38. The summed E-state index contributed by atoms with van der Waals surface area (Å²) in [7, 11) is 3.40. The number of hydrogen-bond acceptors (Lipinski definition) is 2. The first kappa shape index (κ1) is 9.05. The fourth-order valence-electron chi connectivity index (χ4n) is 1.86. The number of carbonyl (C=O) groups excluding carboxylic acids is 2. The molecule has 0 aliphatic carbocycles. The molecular formula is C6H9HgN4O2. The van der Waals surface area contributed by atoms with Gasteiger partial charge in [-0.15, -0.1) is 0 Å². The maximum atomic E-state index is 11.3. The fourth-order valence-corrected chi connectivity index (χ4v) is 5.17. The minimum atomic E-state index is -0.461. The number of hydrogen-bond donors (Lipinski definition) is 2. The Kier molecular flexibility index (Phi) is 1.73. The van der Waals surface area contributed by atoms with E-state index in [0.717, 1.165) is 0 Å². The van der Waals surface area contributed by atoms with Crippen molar-refractivity contribution >= 4 is 12.1 Å². The van der Waals surface area contributed by atoms with Gasteiger partial charge < -0.3 is 0 Å². The van der Waals surface area contributed by atoms with E-state index in [1.165, 1.54) is 0 Å². The molecule has 0 bridgehead atoms. The molecule has 0 aromatic heterocycles. The zero-order chi connectivity index (χ0) is 9.80. The summed E-state index contributed by atoms with van der Waals surface area (Å²) < 4.78 is -0.461. The van der Waals surface area contributed by atoms with E-state index in [2.05, 4.69) is 10.6 Å². The Bertz CT molecular complexity index is 270. The predicted molar refractivity (Wildman–Crippen MR) is 39.1 cm³/mol. The van der Waals surface area contributed by atoms with E-state index in [1.807, 2.05) is 0 Å². The first-order valence-corrected chi connectivity index (χ1v) is 6.66. The van der Waals surface area contributed by atoms with E-state index in [9.17, 15) is 9.59 Å². The van der Waals surface area contributed by atoms with Crippen LogP contribution in [0.1, 0.15) is 0 Å². The van der Waals surface area contributed by atoms with Gasteiger partial charge in [-0.05, 0) is 0 Å². The molecule has 2 N–H and O–H groups in total. The van der Waals surface area contributed by atoms with Gasteiger partial charge in [0.05, 0.1) is 0 Å². The van der Waals surface area contributed by atoms with E-state index >= 15 is 0 Å². The summed E-state index contributed by atoms with van der Waals surface area (Å²) in [4.78, 5) is 25.7. The summed E-state index contributed by atoms with van der Waals surface area (Å²) in [5, 5.41) is 5.61. The molecule has 2 aliphatic heterocycles. The Morgan fingerprint density at radius 2 is 1.62 bits per heavy atom. The van der Waals surface area contributed by atoms with Crippen molar-refractivity contribution in [1.29, 1.82) is 0 Å². The molecule has 0 saturated carbocycles. The number of likely N-dealkylation sites (N-methyl/N-ethyl adjacent to an activating group) is 2. The third kappa shape index (κ3) is 1.04. The van der Waals surface area contributed by atoms with E-state index in [0.29, 0.717) is 0 Å². The van der Waals surface area contributed by atoms with Crippen LogP contribution in [0.2, 0.25) is 0 Å². The molecule has 2 saturated heterocycles. The summed E-state index contributed by atoms with van der Waals surface area (Å²) in [6.07, 6.45) is -0.157. The number of carbonyl (C=O) groups is 2. The molecule has 0 atom stereocenters. The molecule has 7 heteroatoms. The summed E-state index contributed by atoms with van der Waals surface area (Å²) >= 11 is 0.242. The quantitative estimate of drug-likeness (QED) is 0.528. The molecule has 2 aliphatic rings. The van der Waals surface area contributed by atoms with Gasteiger partial charge in [-0.1, -0.05) is 0 Å². The fraction of sp³-hybridized carbons (Fsp3) is 0.667. The van der Waals surface area contributed by atoms with Crippen LogP contribution in [-0.4, -0.2) is 45.3 Å². The average Bonchev–Trinajstić information content (AvgIpc) is 2.33. The predicted octanol–water partition coefficient (Wildman–Crippen LogP) is -1.18. The zero-order valence-electron chi connectivity index (χ0n) is 7.50. The van der Waals surface area contributed by atoms with Crippen LogP contribution in [0.15, 0.2) is 0 Å². The average molecular weight is 370 g/mol. The number of nitrogens with one attached hydrogen (secondary N) is 2. The van der Waals surface area contributed by atoms with Crippen LogP contribution in [0, 0.1) is 0 Å². The molecule has 13 heavy (non-hydrogen) atoms. The summed E-state index contributed by atoms with van der Waals surface area (Å²) in [6, 6.07) is -0.237. The first-order chi connectivity index (χ1) is 5.96. The number of rotatable bonds is 0. The van der Waals surface area contributed by atoms with Gasteiger partial charge in [0, 0.05) is 0 Å². The molecule has 2 fully saturated rings. The van der Waals surface area contributed by atoms with Crippen LogP contribution in [0.3, 0.4) is 0 Å². The molecule has 2 heterocycles. The molecule has 0 aromatic carbocycles. The minimum absolute atomic E-state index is 0.119. The normalized spacial score (nSPS) is 37.7. The summed E-state index contributed by atoms with van der Waals surface area (Å²) in [5.74, 6) is 0. The number of amides is 4. The van der Waals surface area contributed by atoms with Crippen molar-refractivity contribution in [2.45, 2.75) is 9.34 Å². The molecule has 0 unspecified atom stereocenters. The molecule has 0 spiro atoms. The van der Waals surface area contributed by atoms with Gasteiger partial charge in [0.15, 0.2) is 0 Å². The van der Waals surface area contributed by atoms with Crippen LogP contribution in [0.5, 0.6) is 0 Å². The van der Waals surface area contributed by atoms with Crippen molar-refractivity contribution in [3.8, 4) is 0 Å². The molecule has 4 amide bonds. The van der Waals surface area contributed by atoms with E-state index in [4.69, 9.17) is 0 Å².